The number of nitrogens with one attached hydrogen (secondary N) is 1. The first-order valence-corrected chi connectivity index (χ1v) is 7.55. The summed E-state index contributed by atoms with van der Waals surface area (Å²) in [4.78, 5) is 0.103. The van der Waals surface area contributed by atoms with Crippen LogP contribution in [0, 0.1) is 13.8 Å². The average molecular weight is 295 g/mol. The van der Waals surface area contributed by atoms with E-state index in [0.29, 0.717) is 6.54 Å². The van der Waals surface area contributed by atoms with Gasteiger partial charge in [-0.3, -0.25) is 4.68 Å². The smallest absolute Gasteiger partial charge is 0.238 e. The fourth-order valence-electron chi connectivity index (χ4n) is 1.83. The van der Waals surface area contributed by atoms with Crippen molar-refractivity contribution in [3.05, 3.63) is 35.2 Å². The number of aromatic nitrogens is 3. The van der Waals surface area contributed by atoms with Crippen molar-refractivity contribution in [2.45, 2.75) is 25.3 Å². The quantitative estimate of drug-likeness (QED) is 0.864. The number of anilines is 1. The van der Waals surface area contributed by atoms with Crippen molar-refractivity contribution in [1.29, 1.82) is 0 Å². The molecule has 108 valence electrons. The van der Waals surface area contributed by atoms with Crippen molar-refractivity contribution < 1.29 is 8.42 Å². The van der Waals surface area contributed by atoms with E-state index in [9.17, 15) is 8.42 Å². The highest BCUT2D eigenvalue weighted by Gasteiger charge is 2.12. The van der Waals surface area contributed by atoms with E-state index < -0.39 is 10.0 Å². The van der Waals surface area contributed by atoms with Crippen molar-refractivity contribution in [3.8, 4) is 0 Å². The summed E-state index contributed by atoms with van der Waals surface area (Å²) in [6, 6.07) is 3.11. The molecule has 0 bridgehead atoms. The van der Waals surface area contributed by atoms with Gasteiger partial charge < -0.3 is 5.32 Å². The Balaban J connectivity index is 2.32. The van der Waals surface area contributed by atoms with Crippen LogP contribution in [0.1, 0.15) is 16.8 Å². The normalized spacial score (nSPS) is 11.6. The van der Waals surface area contributed by atoms with Crippen molar-refractivity contribution in [2.24, 2.45) is 12.2 Å². The minimum Gasteiger partial charge on any atom is -0.379 e. The highest BCUT2D eigenvalue weighted by molar-refractivity contribution is 7.89. The van der Waals surface area contributed by atoms with Crippen LogP contribution in [0.3, 0.4) is 0 Å². The third-order valence-electron chi connectivity index (χ3n) is 3.24. The molecule has 0 atom stereocenters. The predicted octanol–water partition coefficient (Wildman–Crippen LogP) is 0.691. The first-order valence-electron chi connectivity index (χ1n) is 6.00. The fourth-order valence-corrected chi connectivity index (χ4v) is 2.45. The molecule has 7 nitrogen and oxygen atoms in total. The van der Waals surface area contributed by atoms with Crippen LogP contribution in [0.4, 0.5) is 5.69 Å². The molecule has 0 aliphatic rings. The highest BCUT2D eigenvalue weighted by Crippen LogP contribution is 2.23. The molecule has 0 saturated carbocycles. The lowest BCUT2D eigenvalue weighted by Crippen LogP contribution is -2.14. The van der Waals surface area contributed by atoms with Crippen LogP contribution >= 0.6 is 0 Å². The number of nitrogens with zero attached hydrogens (tertiary/aromatic N) is 3. The summed E-state index contributed by atoms with van der Waals surface area (Å²) in [6.45, 7) is 4.27. The minimum atomic E-state index is -3.71. The Morgan fingerprint density at radius 2 is 2.05 bits per heavy atom. The molecule has 0 spiro atoms. The molecule has 0 saturated heterocycles. The van der Waals surface area contributed by atoms with E-state index in [2.05, 4.69) is 15.6 Å². The van der Waals surface area contributed by atoms with E-state index in [1.807, 2.05) is 13.8 Å². The second-order valence-electron chi connectivity index (χ2n) is 4.66. The molecule has 0 aliphatic carbocycles. The first kappa shape index (κ1) is 14.5. The Hall–Kier alpha value is -1.93. The molecular weight excluding hydrogens is 278 g/mol. The molecule has 1 heterocycles. The van der Waals surface area contributed by atoms with Gasteiger partial charge in [0, 0.05) is 12.7 Å². The maximum Gasteiger partial charge on any atom is 0.238 e. The average Bonchev–Trinajstić information content (AvgIpc) is 2.75. The van der Waals surface area contributed by atoms with Gasteiger partial charge in [0.05, 0.1) is 23.3 Å². The zero-order valence-electron chi connectivity index (χ0n) is 11.6. The number of benzene rings is 1. The van der Waals surface area contributed by atoms with Gasteiger partial charge in [-0.05, 0) is 37.1 Å². The van der Waals surface area contributed by atoms with Crippen molar-refractivity contribution in [1.82, 2.24) is 15.0 Å². The molecule has 0 radical (unpaired) electrons. The van der Waals surface area contributed by atoms with E-state index in [0.717, 1.165) is 22.5 Å². The molecule has 0 amide bonds. The Bertz CT molecular complexity index is 736. The van der Waals surface area contributed by atoms with Gasteiger partial charge >= 0.3 is 0 Å². The number of hydrogen-bond donors (Lipinski definition) is 2. The largest absolute Gasteiger partial charge is 0.379 e. The topological polar surface area (TPSA) is 103 Å². The van der Waals surface area contributed by atoms with Gasteiger partial charge in [0.1, 0.15) is 0 Å². The van der Waals surface area contributed by atoms with Crippen LogP contribution in [0.15, 0.2) is 23.2 Å². The molecule has 1 aromatic heterocycles. The Kier molecular flexibility index (Phi) is 3.78. The Morgan fingerprint density at radius 1 is 1.35 bits per heavy atom. The van der Waals surface area contributed by atoms with Gasteiger partial charge in [-0.15, -0.1) is 5.10 Å². The number of nitrogens with two attached hydrogens (primary N) is 1. The van der Waals surface area contributed by atoms with Crippen molar-refractivity contribution in [3.63, 3.8) is 0 Å². The fraction of sp³-hybridized carbons (Fsp3) is 0.333. The highest BCUT2D eigenvalue weighted by atomic mass is 32.2. The summed E-state index contributed by atoms with van der Waals surface area (Å²) >= 11 is 0. The van der Waals surface area contributed by atoms with Crippen molar-refractivity contribution in [2.75, 3.05) is 5.32 Å². The Labute approximate surface area is 117 Å². The number of rotatable bonds is 4. The van der Waals surface area contributed by atoms with E-state index in [1.165, 1.54) is 0 Å². The lowest BCUT2D eigenvalue weighted by atomic mass is 10.1. The Morgan fingerprint density at radius 3 is 2.60 bits per heavy atom. The number of aryl methyl sites for hydroxylation is 2. The molecule has 2 rings (SSSR count). The van der Waals surface area contributed by atoms with Crippen molar-refractivity contribution >= 4 is 15.7 Å². The molecule has 3 N–H and O–H groups in total. The van der Waals surface area contributed by atoms with Crippen LogP contribution in [-0.4, -0.2) is 23.4 Å². The maximum absolute atomic E-state index is 11.5. The zero-order valence-corrected chi connectivity index (χ0v) is 12.4. The first-order chi connectivity index (χ1) is 9.29. The van der Waals surface area contributed by atoms with E-state index in [4.69, 9.17) is 5.14 Å². The summed E-state index contributed by atoms with van der Waals surface area (Å²) in [7, 11) is -1.92. The van der Waals surface area contributed by atoms with Gasteiger partial charge in [-0.1, -0.05) is 5.21 Å². The number of sulfonamides is 1. The third kappa shape index (κ3) is 2.97. The SMILES string of the molecule is Cc1cc(S(N)(=O)=O)cc(NCc2cnnn2C)c1C. The summed E-state index contributed by atoms with van der Waals surface area (Å²) in [6.07, 6.45) is 1.65. The monoisotopic (exact) mass is 295 g/mol. The lowest BCUT2D eigenvalue weighted by Gasteiger charge is -2.13. The molecule has 2 aromatic rings. The summed E-state index contributed by atoms with van der Waals surface area (Å²) in [5.41, 5.74) is 3.47. The van der Waals surface area contributed by atoms with E-state index >= 15 is 0 Å². The standard InChI is InChI=1S/C12H17N5O2S/c1-8-4-11(20(13,18)19)5-12(9(8)2)14-6-10-7-15-16-17(10)3/h4-5,7,14H,6H2,1-3H3,(H2,13,18,19). The van der Waals surface area contributed by atoms with Gasteiger partial charge in [-0.25, -0.2) is 13.6 Å². The predicted molar refractivity (Wildman–Crippen MR) is 75.6 cm³/mol. The van der Waals surface area contributed by atoms with Crippen LogP contribution in [0.5, 0.6) is 0 Å². The maximum atomic E-state index is 11.5. The molecule has 0 fully saturated rings. The van der Waals surface area contributed by atoms with E-state index in [1.54, 1.807) is 30.1 Å². The van der Waals surface area contributed by atoms with Crippen LogP contribution in [-0.2, 0) is 23.6 Å². The van der Waals surface area contributed by atoms with Gasteiger partial charge in [0.15, 0.2) is 0 Å². The number of hydrogen-bond acceptors (Lipinski definition) is 5. The second-order valence-corrected chi connectivity index (χ2v) is 6.22. The van der Waals surface area contributed by atoms with E-state index in [-0.39, 0.29) is 4.90 Å². The molecule has 20 heavy (non-hydrogen) atoms. The zero-order chi connectivity index (χ0) is 14.9. The molecule has 0 unspecified atom stereocenters. The number of primary sulfonamides is 1. The molecule has 1 aromatic carbocycles. The molecule has 8 heteroatoms. The second kappa shape index (κ2) is 5.22. The molecular formula is C12H17N5O2S. The molecule has 0 aliphatic heterocycles. The van der Waals surface area contributed by atoms with Crippen LogP contribution in [0.2, 0.25) is 0 Å². The summed E-state index contributed by atoms with van der Waals surface area (Å²) in [5.74, 6) is 0. The summed E-state index contributed by atoms with van der Waals surface area (Å²) in [5, 5.41) is 16.0. The lowest BCUT2D eigenvalue weighted by molar-refractivity contribution is 0.597. The van der Waals surface area contributed by atoms with Gasteiger partial charge in [0.2, 0.25) is 10.0 Å². The minimum absolute atomic E-state index is 0.103. The van der Waals surface area contributed by atoms with Gasteiger partial charge in [0.25, 0.3) is 0 Å². The van der Waals surface area contributed by atoms with Gasteiger partial charge in [-0.2, -0.15) is 0 Å². The van der Waals surface area contributed by atoms with Crippen LogP contribution < -0.4 is 10.5 Å². The third-order valence-corrected chi connectivity index (χ3v) is 4.13. The summed E-state index contributed by atoms with van der Waals surface area (Å²) < 4.78 is 24.6. The van der Waals surface area contributed by atoms with Crippen LogP contribution in [0.25, 0.3) is 0 Å².